The predicted molar refractivity (Wildman–Crippen MR) is 124 cm³/mol. The van der Waals surface area contributed by atoms with E-state index >= 15 is 0 Å². The van der Waals surface area contributed by atoms with Crippen LogP contribution in [0.3, 0.4) is 0 Å². The van der Waals surface area contributed by atoms with Crippen molar-refractivity contribution in [3.8, 4) is 5.75 Å². The van der Waals surface area contributed by atoms with Crippen LogP contribution < -0.4 is 4.74 Å². The number of benzene rings is 1. The zero-order chi connectivity index (χ0) is 23.8. The van der Waals surface area contributed by atoms with Crippen LogP contribution in [0.5, 0.6) is 5.75 Å². The van der Waals surface area contributed by atoms with Gasteiger partial charge in [0.2, 0.25) is 0 Å². The van der Waals surface area contributed by atoms with Gasteiger partial charge in [0, 0.05) is 6.20 Å². The van der Waals surface area contributed by atoms with Crippen molar-refractivity contribution in [1.82, 2.24) is 14.3 Å². The number of aryl methyl sites for hydroxylation is 1. The molecule has 1 amide bonds. The smallest absolute Gasteiger partial charge is 0.296 e. The van der Waals surface area contributed by atoms with Gasteiger partial charge < -0.3 is 19.2 Å². The molecule has 1 saturated heterocycles. The zero-order valence-corrected chi connectivity index (χ0v) is 18.8. The fourth-order valence-corrected chi connectivity index (χ4v) is 4.43. The highest BCUT2D eigenvalue weighted by Crippen LogP contribution is 2.41. The quantitative estimate of drug-likeness (QED) is 0.264. The largest absolute Gasteiger partial charge is 0.505 e. The summed E-state index contributed by atoms with van der Waals surface area (Å²) in [5.74, 6) is -0.617. The number of hydrogen-bond donors (Lipinski definition) is 1. The Morgan fingerprint density at radius 2 is 2.00 bits per heavy atom. The van der Waals surface area contributed by atoms with Crippen molar-refractivity contribution in [2.24, 2.45) is 0 Å². The van der Waals surface area contributed by atoms with Gasteiger partial charge in [-0.2, -0.15) is 0 Å². The zero-order valence-electron chi connectivity index (χ0n) is 18.8. The number of carbonyl (C=O) groups excluding carboxylic acids is 2. The number of aromatic nitrogens is 2. The number of Topliss-reactive ketones (excluding diaryl/α,β-unsaturated/α-hetero) is 1. The minimum atomic E-state index is -0.834. The van der Waals surface area contributed by atoms with Gasteiger partial charge in [0.1, 0.15) is 22.9 Å². The van der Waals surface area contributed by atoms with Crippen molar-refractivity contribution in [3.05, 3.63) is 95.3 Å². The highest BCUT2D eigenvalue weighted by atomic mass is 16.5. The lowest BCUT2D eigenvalue weighted by molar-refractivity contribution is -0.140. The molecule has 0 spiro atoms. The molecular weight excluding hydrogens is 434 g/mol. The number of fused-ring (bicyclic) bond motifs is 1. The third-order valence-corrected chi connectivity index (χ3v) is 5.86. The van der Waals surface area contributed by atoms with E-state index in [1.165, 1.54) is 11.2 Å². The number of likely N-dealkylation sites (tertiary alicyclic amines) is 1. The summed E-state index contributed by atoms with van der Waals surface area (Å²) in [5, 5.41) is 11.5. The molecule has 1 unspecified atom stereocenters. The summed E-state index contributed by atoms with van der Waals surface area (Å²) in [7, 11) is 0. The molecule has 1 aliphatic rings. The van der Waals surface area contributed by atoms with Crippen LogP contribution >= 0.6 is 0 Å². The second kappa shape index (κ2) is 8.55. The molecule has 172 valence electrons. The van der Waals surface area contributed by atoms with E-state index in [2.05, 4.69) is 4.98 Å². The number of hydrogen-bond acceptors (Lipinski definition) is 6. The van der Waals surface area contributed by atoms with Gasteiger partial charge in [0.25, 0.3) is 11.7 Å². The molecule has 8 nitrogen and oxygen atoms in total. The van der Waals surface area contributed by atoms with Crippen LogP contribution in [0, 0.1) is 6.92 Å². The topological polar surface area (TPSA) is 97.3 Å². The van der Waals surface area contributed by atoms with Gasteiger partial charge in [-0.25, -0.2) is 4.98 Å². The van der Waals surface area contributed by atoms with Crippen molar-refractivity contribution in [3.63, 3.8) is 0 Å². The average Bonchev–Trinajstić information content (AvgIpc) is 3.52. The second-order valence-electron chi connectivity index (χ2n) is 7.99. The molecular formula is C26H23N3O5. The fourth-order valence-electron chi connectivity index (χ4n) is 4.43. The Morgan fingerprint density at radius 3 is 2.76 bits per heavy atom. The van der Waals surface area contributed by atoms with Gasteiger partial charge in [-0.05, 0) is 55.8 Å². The van der Waals surface area contributed by atoms with Gasteiger partial charge in [-0.15, -0.1) is 0 Å². The van der Waals surface area contributed by atoms with Crippen LogP contribution in [0.15, 0.2) is 77.0 Å². The number of rotatable bonds is 6. The molecule has 34 heavy (non-hydrogen) atoms. The van der Waals surface area contributed by atoms with E-state index in [9.17, 15) is 14.7 Å². The summed E-state index contributed by atoms with van der Waals surface area (Å²) in [5.41, 5.74) is 2.19. The maximum absolute atomic E-state index is 13.3. The molecule has 0 radical (unpaired) electrons. The number of furan rings is 1. The molecule has 0 saturated carbocycles. The first-order chi connectivity index (χ1) is 16.5. The van der Waals surface area contributed by atoms with E-state index < -0.39 is 17.7 Å². The lowest BCUT2D eigenvalue weighted by Gasteiger charge is -2.25. The highest BCUT2D eigenvalue weighted by molar-refractivity contribution is 6.46. The Hall–Kier alpha value is -4.33. The minimum Gasteiger partial charge on any atom is -0.505 e. The van der Waals surface area contributed by atoms with E-state index in [4.69, 9.17) is 9.15 Å². The van der Waals surface area contributed by atoms with Gasteiger partial charge in [0.15, 0.2) is 5.76 Å². The molecule has 4 aromatic rings. The van der Waals surface area contributed by atoms with Crippen molar-refractivity contribution < 1.29 is 23.8 Å². The van der Waals surface area contributed by atoms with Crippen LogP contribution in [-0.4, -0.2) is 37.7 Å². The van der Waals surface area contributed by atoms with Crippen molar-refractivity contribution in [2.75, 3.05) is 6.61 Å². The Labute approximate surface area is 195 Å². The van der Waals surface area contributed by atoms with Crippen LogP contribution in [0.2, 0.25) is 0 Å². The van der Waals surface area contributed by atoms with Crippen molar-refractivity contribution >= 4 is 23.1 Å². The van der Waals surface area contributed by atoms with E-state index in [1.807, 2.05) is 31.2 Å². The van der Waals surface area contributed by atoms with Crippen molar-refractivity contribution in [1.29, 1.82) is 0 Å². The van der Waals surface area contributed by atoms with Gasteiger partial charge in [0.05, 0.1) is 36.7 Å². The molecule has 3 aromatic heterocycles. The summed E-state index contributed by atoms with van der Waals surface area (Å²) >= 11 is 0. The normalized spacial score (nSPS) is 17.6. The standard InChI is InChI=1S/C26H23N3O5/c1-3-33-18-9-6-8-17(14-18)23-21(25(31)26(32)29(23)15-19-10-7-13-34-19)24(30)22-16(2)27-20-11-4-5-12-28(20)22/h4-14,23,30H,3,15H2,1-2H3/b24-21+. The van der Waals surface area contributed by atoms with E-state index in [0.717, 1.165) is 0 Å². The molecule has 1 N–H and O–H groups in total. The molecule has 5 rings (SSSR count). The van der Waals surface area contributed by atoms with Gasteiger partial charge in [-0.1, -0.05) is 18.2 Å². The molecule has 1 aromatic carbocycles. The molecule has 0 bridgehead atoms. The summed E-state index contributed by atoms with van der Waals surface area (Å²) in [6.07, 6.45) is 3.27. The maximum atomic E-state index is 13.3. The molecule has 1 atom stereocenters. The van der Waals surface area contributed by atoms with Crippen LogP contribution in [0.1, 0.15) is 35.7 Å². The highest BCUT2D eigenvalue weighted by Gasteiger charge is 2.47. The number of pyridine rings is 1. The molecule has 0 aliphatic carbocycles. The van der Waals surface area contributed by atoms with E-state index in [0.29, 0.717) is 40.7 Å². The lowest BCUT2D eigenvalue weighted by atomic mass is 9.96. The Bertz CT molecular complexity index is 1420. The Balaban J connectivity index is 1.72. The van der Waals surface area contributed by atoms with E-state index in [-0.39, 0.29) is 17.9 Å². The maximum Gasteiger partial charge on any atom is 0.296 e. The lowest BCUT2D eigenvalue weighted by Crippen LogP contribution is -2.29. The SMILES string of the molecule is CCOc1cccc(C2/C(=C(\O)c3c(C)nc4ccccn34)C(=O)C(=O)N2Cc2ccco2)c1. The number of amides is 1. The van der Waals surface area contributed by atoms with Gasteiger partial charge >= 0.3 is 0 Å². The van der Waals surface area contributed by atoms with Crippen LogP contribution in [0.4, 0.5) is 0 Å². The molecule has 1 fully saturated rings. The Kier molecular flexibility index (Phi) is 5.41. The predicted octanol–water partition coefficient (Wildman–Crippen LogP) is 4.26. The number of carbonyl (C=O) groups is 2. The third-order valence-electron chi connectivity index (χ3n) is 5.86. The summed E-state index contributed by atoms with van der Waals surface area (Å²) < 4.78 is 12.8. The van der Waals surface area contributed by atoms with Crippen LogP contribution in [-0.2, 0) is 16.1 Å². The first-order valence-electron chi connectivity index (χ1n) is 11.0. The average molecular weight is 457 g/mol. The van der Waals surface area contributed by atoms with Crippen molar-refractivity contribution in [2.45, 2.75) is 26.4 Å². The molecule has 1 aliphatic heterocycles. The summed E-state index contributed by atoms with van der Waals surface area (Å²) in [4.78, 5) is 32.4. The summed E-state index contributed by atoms with van der Waals surface area (Å²) in [6.45, 7) is 4.18. The molecule has 8 heteroatoms. The minimum absolute atomic E-state index is 0.000965. The summed E-state index contributed by atoms with van der Waals surface area (Å²) in [6, 6.07) is 15.3. The number of aliphatic hydroxyl groups is 1. The van der Waals surface area contributed by atoms with E-state index in [1.54, 1.807) is 47.9 Å². The van der Waals surface area contributed by atoms with Gasteiger partial charge in [-0.3, -0.25) is 14.0 Å². The number of nitrogens with zero attached hydrogens (tertiary/aromatic N) is 3. The fraction of sp³-hybridized carbons (Fsp3) is 0.192. The number of ketones is 1. The second-order valence-corrected chi connectivity index (χ2v) is 7.99. The first kappa shape index (κ1) is 21.5. The Morgan fingerprint density at radius 1 is 1.15 bits per heavy atom. The molecule has 4 heterocycles. The monoisotopic (exact) mass is 457 g/mol. The number of imidazole rings is 1. The van der Waals surface area contributed by atoms with Crippen LogP contribution in [0.25, 0.3) is 11.4 Å². The number of aliphatic hydroxyl groups excluding tert-OH is 1. The third kappa shape index (κ3) is 3.53. The number of ether oxygens (including phenoxy) is 1. The first-order valence-corrected chi connectivity index (χ1v) is 11.0.